The summed E-state index contributed by atoms with van der Waals surface area (Å²) in [6.07, 6.45) is -0.703. The van der Waals surface area contributed by atoms with Crippen molar-refractivity contribution >= 4 is 0 Å². The van der Waals surface area contributed by atoms with E-state index in [4.69, 9.17) is 37.9 Å². The standard InChI is InChI=1S/C40H44O8/c1-5-13-31(14-6-1)23-41-27-39(28-42-24-32-15-7-2-8-16-32)21-35-37(47-39)46-36-22-40(48-38(36)45-35,29-43-25-33-17-9-3-10-18-33)30-44-26-34-19-11-4-12-20-34/h1-20,35-38H,21-30H2/t35-,36-,37+,38+/m1/s1. The van der Waals surface area contributed by atoms with Gasteiger partial charge in [-0.1, -0.05) is 121 Å². The van der Waals surface area contributed by atoms with E-state index >= 15 is 0 Å². The average molecular weight is 653 g/mol. The molecule has 4 atom stereocenters. The van der Waals surface area contributed by atoms with Gasteiger partial charge in [-0.2, -0.15) is 0 Å². The van der Waals surface area contributed by atoms with Crippen LogP contribution in [0.25, 0.3) is 0 Å². The molecule has 3 saturated heterocycles. The maximum Gasteiger partial charge on any atom is 0.185 e. The molecule has 0 unspecified atom stereocenters. The van der Waals surface area contributed by atoms with Crippen LogP contribution in [-0.2, 0) is 64.3 Å². The number of hydrogen-bond donors (Lipinski definition) is 0. The molecule has 0 bridgehead atoms. The molecule has 7 rings (SSSR count). The van der Waals surface area contributed by atoms with Gasteiger partial charge in [0, 0.05) is 12.8 Å². The SMILES string of the molecule is c1ccc(COCC2(COCc3ccccc3)C[C@H]3O[C@H]4OC(COCc5ccccc5)(COCc5ccccc5)C[C@H]4O[C@H]3O2)cc1. The van der Waals surface area contributed by atoms with Crippen molar-refractivity contribution in [1.82, 2.24) is 0 Å². The third-order valence-corrected chi connectivity index (χ3v) is 9.01. The van der Waals surface area contributed by atoms with Crippen LogP contribution in [0.15, 0.2) is 121 Å². The fourth-order valence-electron chi connectivity index (χ4n) is 6.64. The summed E-state index contributed by atoms with van der Waals surface area (Å²) in [7, 11) is 0. The number of fused-ring (bicyclic) bond motifs is 2. The molecule has 4 aromatic carbocycles. The minimum Gasteiger partial charge on any atom is -0.374 e. The summed E-state index contributed by atoms with van der Waals surface area (Å²) in [6.45, 7) is 3.28. The van der Waals surface area contributed by atoms with Crippen molar-refractivity contribution in [3.05, 3.63) is 144 Å². The summed E-state index contributed by atoms with van der Waals surface area (Å²) in [4.78, 5) is 0. The van der Waals surface area contributed by atoms with E-state index in [1.165, 1.54) is 0 Å². The van der Waals surface area contributed by atoms with Crippen LogP contribution in [0, 0.1) is 0 Å². The quantitative estimate of drug-likeness (QED) is 0.134. The van der Waals surface area contributed by atoms with Crippen LogP contribution >= 0.6 is 0 Å². The molecule has 3 aliphatic heterocycles. The zero-order chi connectivity index (χ0) is 32.5. The molecule has 0 radical (unpaired) electrons. The molecule has 4 aromatic rings. The Morgan fingerprint density at radius 1 is 0.417 bits per heavy atom. The van der Waals surface area contributed by atoms with E-state index in [1.54, 1.807) is 0 Å². The number of hydrogen-bond acceptors (Lipinski definition) is 8. The molecule has 0 spiro atoms. The Labute approximate surface area is 282 Å². The summed E-state index contributed by atoms with van der Waals surface area (Å²) in [5.41, 5.74) is 2.94. The Morgan fingerprint density at radius 3 is 0.958 bits per heavy atom. The molecule has 0 amide bonds. The van der Waals surface area contributed by atoms with E-state index in [1.807, 2.05) is 72.8 Å². The van der Waals surface area contributed by atoms with Crippen molar-refractivity contribution < 1.29 is 37.9 Å². The van der Waals surface area contributed by atoms with Crippen LogP contribution in [0.5, 0.6) is 0 Å². The zero-order valence-corrected chi connectivity index (χ0v) is 27.2. The molecule has 48 heavy (non-hydrogen) atoms. The van der Waals surface area contributed by atoms with E-state index in [0.717, 1.165) is 22.3 Å². The monoisotopic (exact) mass is 652 g/mol. The zero-order valence-electron chi connectivity index (χ0n) is 27.2. The van der Waals surface area contributed by atoms with Gasteiger partial charge < -0.3 is 37.9 Å². The van der Waals surface area contributed by atoms with Crippen LogP contribution < -0.4 is 0 Å². The Hall–Kier alpha value is -3.44. The second-order valence-corrected chi connectivity index (χ2v) is 13.0. The average Bonchev–Trinajstić information content (AvgIpc) is 3.65. The maximum absolute atomic E-state index is 6.67. The molecule has 0 aromatic heterocycles. The van der Waals surface area contributed by atoms with Crippen molar-refractivity contribution in [3.8, 4) is 0 Å². The van der Waals surface area contributed by atoms with Crippen molar-refractivity contribution in [3.63, 3.8) is 0 Å². The highest BCUT2D eigenvalue weighted by atomic mass is 16.8. The molecular formula is C40H44O8. The summed E-state index contributed by atoms with van der Waals surface area (Å²) in [6, 6.07) is 40.5. The Kier molecular flexibility index (Phi) is 10.9. The van der Waals surface area contributed by atoms with Crippen LogP contribution in [0.1, 0.15) is 35.1 Å². The van der Waals surface area contributed by atoms with Gasteiger partial charge in [0.05, 0.1) is 52.9 Å². The molecule has 3 fully saturated rings. The normalized spacial score (nSPS) is 23.8. The van der Waals surface area contributed by atoms with Crippen molar-refractivity contribution in [2.45, 2.75) is 75.3 Å². The predicted molar refractivity (Wildman–Crippen MR) is 179 cm³/mol. The summed E-state index contributed by atoms with van der Waals surface area (Å²) in [5.74, 6) is 0. The van der Waals surface area contributed by atoms with Crippen LogP contribution in [0.2, 0.25) is 0 Å². The Balaban J connectivity index is 1.000. The van der Waals surface area contributed by atoms with E-state index in [9.17, 15) is 0 Å². The first-order chi connectivity index (χ1) is 23.7. The van der Waals surface area contributed by atoms with Gasteiger partial charge in [-0.15, -0.1) is 0 Å². The van der Waals surface area contributed by atoms with Gasteiger partial charge in [-0.3, -0.25) is 0 Å². The van der Waals surface area contributed by atoms with Crippen molar-refractivity contribution in [2.75, 3.05) is 26.4 Å². The lowest BCUT2D eigenvalue weighted by atomic mass is 9.99. The van der Waals surface area contributed by atoms with E-state index in [-0.39, 0.29) is 12.2 Å². The number of ether oxygens (including phenoxy) is 8. The van der Waals surface area contributed by atoms with Gasteiger partial charge in [0.15, 0.2) is 12.6 Å². The highest BCUT2D eigenvalue weighted by Crippen LogP contribution is 2.45. The maximum atomic E-state index is 6.67. The Morgan fingerprint density at radius 2 is 0.688 bits per heavy atom. The molecule has 3 heterocycles. The molecule has 252 valence electrons. The predicted octanol–water partition coefficient (Wildman–Crippen LogP) is 6.61. The van der Waals surface area contributed by atoms with Crippen LogP contribution in [0.3, 0.4) is 0 Å². The third kappa shape index (κ3) is 8.58. The molecule has 0 N–H and O–H groups in total. The van der Waals surface area contributed by atoms with E-state index in [2.05, 4.69) is 48.5 Å². The molecule has 8 heteroatoms. The third-order valence-electron chi connectivity index (χ3n) is 9.01. The molecule has 0 saturated carbocycles. The van der Waals surface area contributed by atoms with E-state index < -0.39 is 23.8 Å². The summed E-state index contributed by atoms with van der Waals surface area (Å²) in [5, 5.41) is 0. The van der Waals surface area contributed by atoms with Crippen LogP contribution in [-0.4, -0.2) is 62.4 Å². The second-order valence-electron chi connectivity index (χ2n) is 13.0. The second kappa shape index (κ2) is 15.8. The molecule has 0 aliphatic carbocycles. The molecule has 3 aliphatic rings. The number of benzene rings is 4. The van der Waals surface area contributed by atoms with Gasteiger partial charge >= 0.3 is 0 Å². The van der Waals surface area contributed by atoms with Gasteiger partial charge in [0.2, 0.25) is 0 Å². The smallest absolute Gasteiger partial charge is 0.185 e. The lowest BCUT2D eigenvalue weighted by molar-refractivity contribution is -0.323. The van der Waals surface area contributed by atoms with Gasteiger partial charge in [-0.25, -0.2) is 0 Å². The number of rotatable bonds is 16. The van der Waals surface area contributed by atoms with Crippen LogP contribution in [0.4, 0.5) is 0 Å². The first kappa shape index (κ1) is 33.1. The molecule has 8 nitrogen and oxygen atoms in total. The first-order valence-corrected chi connectivity index (χ1v) is 16.8. The highest BCUT2D eigenvalue weighted by molar-refractivity contribution is 5.16. The minimum atomic E-state index is -0.730. The highest BCUT2D eigenvalue weighted by Gasteiger charge is 2.58. The summed E-state index contributed by atoms with van der Waals surface area (Å²) >= 11 is 0. The minimum absolute atomic E-state index is 0.335. The van der Waals surface area contributed by atoms with Crippen molar-refractivity contribution in [2.24, 2.45) is 0 Å². The van der Waals surface area contributed by atoms with Gasteiger partial charge in [0.25, 0.3) is 0 Å². The first-order valence-electron chi connectivity index (χ1n) is 16.8. The van der Waals surface area contributed by atoms with Gasteiger partial charge in [-0.05, 0) is 22.3 Å². The molecular weight excluding hydrogens is 608 g/mol. The lowest BCUT2D eigenvalue weighted by Gasteiger charge is -2.33. The topological polar surface area (TPSA) is 73.8 Å². The van der Waals surface area contributed by atoms with Gasteiger partial charge in [0.1, 0.15) is 23.4 Å². The lowest BCUT2D eigenvalue weighted by Crippen LogP contribution is -2.45. The van der Waals surface area contributed by atoms with E-state index in [0.29, 0.717) is 65.7 Å². The summed E-state index contributed by atoms with van der Waals surface area (Å²) < 4.78 is 51.4. The fraction of sp³-hybridized carbons (Fsp3) is 0.400. The largest absolute Gasteiger partial charge is 0.374 e. The Bertz CT molecular complexity index is 1290. The fourth-order valence-corrected chi connectivity index (χ4v) is 6.64. The van der Waals surface area contributed by atoms with Crippen molar-refractivity contribution in [1.29, 1.82) is 0 Å².